The summed E-state index contributed by atoms with van der Waals surface area (Å²) in [5.74, 6) is 3.51. The Balaban J connectivity index is 0.000000229. The fraction of sp³-hybridized carbons (Fsp3) is 0.366. The molecule has 5 unspecified atom stereocenters. The molecule has 1 spiro atoms. The van der Waals surface area contributed by atoms with Crippen molar-refractivity contribution < 1.29 is 42.3 Å². The molecule has 4 aliphatic rings. The van der Waals surface area contributed by atoms with E-state index < -0.39 is 17.3 Å². The molecule has 8 N–H and O–H groups in total. The Morgan fingerprint density at radius 2 is 1.24 bits per heavy atom. The van der Waals surface area contributed by atoms with E-state index in [1.807, 2.05) is 86.3 Å². The van der Waals surface area contributed by atoms with E-state index in [4.69, 9.17) is 0 Å². The SMILES string of the molecule is C=C(C)C(=O)Nc1c(C)[nH]c(CC2C(=O)Nc3ccc(C(=O)NC(C)c4ccc(F)cc4)cc32)c1C.CC.CC.CC(C)(C)CC(=O)N1CC=CC1.CCC(=O)Nc1c(C)[nH]c(C2C#CC23C(=O)Nc2ccc(C(=O)NC(C)c4ccc(F)cc4)cc23)c1C. The van der Waals surface area contributed by atoms with Gasteiger partial charge in [0.1, 0.15) is 11.6 Å². The molecule has 4 aromatic carbocycles. The standard InChI is InChI=1S/C29H27FN4O3.C28H29FN4O3.C10H17NO.2C2H6/c1-5-24(35)34-25-15(2)26(31-17(25)4)21-12-13-29(21)22-14-19(8-11-23(22)33-28(29)37)27(36)32-16(3)18-6-9-20(30)10-7-18;1-14(2)26(34)33-25-15(3)24(30-17(25)5)13-22-21-12-19(8-11-23(21)32-28(22)36)27(35)31-16(4)18-6-9-20(29)10-7-18;1-10(2,3)8-9(12)11-6-4-5-7-11;2*1-2/h6-11,14,16,21,31H,5H2,1-4H3,(H,32,36)(H,33,37)(H,34,35);6-12,16,22,30H,1,13H2,2-5H3,(H,31,35)(H,32,36)(H,33,34);4-5H,6-8H2,1-3H3;2*1-2H3. The third-order valence-electron chi connectivity index (χ3n) is 15.6. The predicted molar refractivity (Wildman–Crippen MR) is 349 cm³/mol. The van der Waals surface area contributed by atoms with Gasteiger partial charge in [-0.05, 0) is 142 Å². The van der Waals surface area contributed by atoms with Crippen LogP contribution in [0.25, 0.3) is 0 Å². The first-order valence-corrected chi connectivity index (χ1v) is 30.3. The zero-order chi connectivity index (χ0) is 65.8. The molecule has 1 aliphatic carbocycles. The van der Waals surface area contributed by atoms with Crippen LogP contribution in [-0.4, -0.2) is 69.3 Å². The topological polar surface area (TPSA) is 226 Å². The minimum Gasteiger partial charge on any atom is -0.360 e. The smallest absolute Gasteiger partial charge is 0.251 e. The van der Waals surface area contributed by atoms with Crippen LogP contribution in [0.2, 0.25) is 0 Å². The molecule has 3 aliphatic heterocycles. The minimum atomic E-state index is -1.14. The number of H-pyrrole nitrogens is 2. The van der Waals surface area contributed by atoms with Gasteiger partial charge in [-0.15, -0.1) is 0 Å². The number of hydrogen-bond donors (Lipinski definition) is 8. The van der Waals surface area contributed by atoms with Gasteiger partial charge in [0.15, 0.2) is 5.41 Å². The van der Waals surface area contributed by atoms with Crippen molar-refractivity contribution in [3.05, 3.63) is 188 Å². The van der Waals surface area contributed by atoms with Gasteiger partial charge in [-0.25, -0.2) is 8.78 Å². The Kier molecular flexibility index (Phi) is 22.8. The second kappa shape index (κ2) is 29.6. The normalized spacial score (nSPS) is 16.8. The number of aryl methyl sites for hydroxylation is 2. The van der Waals surface area contributed by atoms with Crippen molar-refractivity contribution in [3.63, 3.8) is 0 Å². The number of fused-ring (bicyclic) bond motifs is 3. The largest absolute Gasteiger partial charge is 0.360 e. The predicted octanol–water partition coefficient (Wildman–Crippen LogP) is 13.5. The highest BCUT2D eigenvalue weighted by Gasteiger charge is 2.57. The number of hydrogen-bond acceptors (Lipinski definition) is 7. The minimum absolute atomic E-state index is 0.0966. The van der Waals surface area contributed by atoms with Gasteiger partial charge >= 0.3 is 0 Å². The Hall–Kier alpha value is -9.37. The van der Waals surface area contributed by atoms with Crippen LogP contribution in [0.4, 0.5) is 31.5 Å². The summed E-state index contributed by atoms with van der Waals surface area (Å²) in [4.78, 5) is 96.4. The van der Waals surface area contributed by atoms with Crippen LogP contribution < -0.4 is 31.9 Å². The van der Waals surface area contributed by atoms with Crippen LogP contribution >= 0.6 is 0 Å². The number of benzene rings is 4. The number of carbonyl (C=O) groups is 7. The van der Waals surface area contributed by atoms with E-state index in [0.717, 1.165) is 63.7 Å². The Morgan fingerprint density at radius 3 is 1.74 bits per heavy atom. The highest BCUT2D eigenvalue weighted by Crippen LogP contribution is 2.52. The zero-order valence-corrected chi connectivity index (χ0v) is 53.9. The van der Waals surface area contributed by atoms with Crippen LogP contribution in [0.5, 0.6) is 0 Å². The lowest BCUT2D eigenvalue weighted by atomic mass is 9.64. The van der Waals surface area contributed by atoms with Gasteiger partial charge in [0.2, 0.25) is 23.6 Å². The molecular formula is C71H85F2N9O7. The number of amides is 7. The van der Waals surface area contributed by atoms with E-state index >= 15 is 0 Å². The maximum Gasteiger partial charge on any atom is 0.251 e. The molecule has 2 aromatic heterocycles. The number of aromatic nitrogens is 2. The van der Waals surface area contributed by atoms with Crippen molar-refractivity contribution in [2.24, 2.45) is 5.41 Å². The van der Waals surface area contributed by atoms with E-state index in [1.54, 1.807) is 74.5 Å². The lowest BCUT2D eigenvalue weighted by Crippen LogP contribution is -2.44. The maximum atomic E-state index is 13.3. The van der Waals surface area contributed by atoms with Gasteiger partial charge in [0.05, 0.1) is 35.3 Å². The van der Waals surface area contributed by atoms with Crippen LogP contribution in [0.1, 0.15) is 190 Å². The third-order valence-corrected chi connectivity index (χ3v) is 15.6. The van der Waals surface area contributed by atoms with Crippen LogP contribution in [0.15, 0.2) is 109 Å². The van der Waals surface area contributed by atoms with Gasteiger partial charge in [-0.1, -0.05) is 110 Å². The third kappa shape index (κ3) is 15.9. The Bertz CT molecular complexity index is 3740. The molecule has 5 heterocycles. The van der Waals surface area contributed by atoms with Gasteiger partial charge in [-0.3, -0.25) is 33.6 Å². The van der Waals surface area contributed by atoms with Crippen molar-refractivity contribution in [2.75, 3.05) is 34.4 Å². The summed E-state index contributed by atoms with van der Waals surface area (Å²) in [6, 6.07) is 21.5. The number of carbonyl (C=O) groups excluding carboxylic acids is 7. The molecule has 5 atom stereocenters. The molecule has 0 saturated heterocycles. The van der Waals surface area contributed by atoms with Gasteiger partial charge < -0.3 is 46.8 Å². The Labute approximate surface area is 522 Å². The van der Waals surface area contributed by atoms with E-state index in [1.165, 1.54) is 24.3 Å². The number of nitrogens with one attached hydrogen (secondary N) is 8. The molecular weight excluding hydrogens is 1130 g/mol. The number of anilines is 4. The Morgan fingerprint density at radius 1 is 0.719 bits per heavy atom. The van der Waals surface area contributed by atoms with E-state index in [2.05, 4.69) is 81.1 Å². The molecule has 470 valence electrons. The fourth-order valence-electron chi connectivity index (χ4n) is 10.7. The summed E-state index contributed by atoms with van der Waals surface area (Å²) >= 11 is 0. The van der Waals surface area contributed by atoms with Crippen molar-refractivity contribution in [1.82, 2.24) is 25.5 Å². The van der Waals surface area contributed by atoms with E-state index in [-0.39, 0.29) is 70.5 Å². The summed E-state index contributed by atoms with van der Waals surface area (Å²) in [6.45, 7) is 34.1. The molecule has 0 fully saturated rings. The maximum absolute atomic E-state index is 13.3. The zero-order valence-electron chi connectivity index (χ0n) is 53.9. The summed E-state index contributed by atoms with van der Waals surface area (Å²) in [7, 11) is 0. The summed E-state index contributed by atoms with van der Waals surface area (Å²) < 4.78 is 26.5. The highest BCUT2D eigenvalue weighted by molar-refractivity contribution is 6.12. The summed E-state index contributed by atoms with van der Waals surface area (Å²) in [6.07, 6.45) is 5.47. The number of rotatable bonds is 14. The fourth-order valence-corrected chi connectivity index (χ4v) is 10.7. The molecule has 0 radical (unpaired) electrons. The van der Waals surface area contributed by atoms with Crippen molar-refractivity contribution in [1.29, 1.82) is 0 Å². The molecule has 7 amide bonds. The molecule has 0 saturated carbocycles. The molecule has 10 rings (SSSR count). The van der Waals surface area contributed by atoms with Crippen LogP contribution in [0.3, 0.4) is 0 Å². The molecule has 18 heteroatoms. The van der Waals surface area contributed by atoms with E-state index in [9.17, 15) is 42.3 Å². The first-order valence-electron chi connectivity index (χ1n) is 30.3. The first-order chi connectivity index (χ1) is 42.2. The first kappa shape index (κ1) is 68.7. The molecule has 0 bridgehead atoms. The van der Waals surface area contributed by atoms with Gasteiger partial charge in [0, 0.05) is 88.8 Å². The van der Waals surface area contributed by atoms with Crippen molar-refractivity contribution in [2.45, 2.75) is 152 Å². The quantitative estimate of drug-likeness (QED) is 0.0299. The monoisotopic (exact) mass is 1210 g/mol. The highest BCUT2D eigenvalue weighted by atomic mass is 19.1. The van der Waals surface area contributed by atoms with Crippen LogP contribution in [-0.2, 0) is 35.8 Å². The van der Waals surface area contributed by atoms with Crippen LogP contribution in [0, 0.1) is 56.6 Å². The number of aromatic amines is 2. The molecule has 6 aromatic rings. The number of halogens is 2. The average molecular weight is 1210 g/mol. The van der Waals surface area contributed by atoms with Gasteiger partial charge in [-0.2, -0.15) is 0 Å². The van der Waals surface area contributed by atoms with Crippen molar-refractivity contribution >= 4 is 64.1 Å². The number of nitrogens with zero attached hydrogens (tertiary/aromatic N) is 1. The molecule has 16 nitrogen and oxygen atoms in total. The van der Waals surface area contributed by atoms with Gasteiger partial charge in [0.25, 0.3) is 17.7 Å². The average Bonchev–Trinajstić information content (AvgIpc) is 1.61. The van der Waals surface area contributed by atoms with Crippen molar-refractivity contribution in [3.8, 4) is 11.8 Å². The second-order valence-electron chi connectivity index (χ2n) is 23.3. The lowest BCUT2D eigenvalue weighted by Gasteiger charge is -2.34. The summed E-state index contributed by atoms with van der Waals surface area (Å²) in [5.41, 5.74) is 10.7. The summed E-state index contributed by atoms with van der Waals surface area (Å²) in [5, 5.41) is 17.5. The van der Waals surface area contributed by atoms with E-state index in [0.29, 0.717) is 64.3 Å². The molecule has 89 heavy (non-hydrogen) atoms. The second-order valence-corrected chi connectivity index (χ2v) is 23.3. The lowest BCUT2D eigenvalue weighted by molar-refractivity contribution is -0.131.